The molecule has 30 heavy (non-hydrogen) atoms. The zero-order valence-electron chi connectivity index (χ0n) is 17.9. The van der Waals surface area contributed by atoms with Crippen LogP contribution in [-0.2, 0) is 11.3 Å². The van der Waals surface area contributed by atoms with Crippen LogP contribution in [0.3, 0.4) is 0 Å². The highest BCUT2D eigenvalue weighted by Gasteiger charge is 2.29. The topological polar surface area (TPSA) is 58.1 Å². The molecule has 2 atom stereocenters. The zero-order valence-corrected chi connectivity index (χ0v) is 20.2. The van der Waals surface area contributed by atoms with E-state index in [0.29, 0.717) is 30.7 Å². The predicted molar refractivity (Wildman–Crippen MR) is 123 cm³/mol. The maximum absolute atomic E-state index is 12.5. The lowest BCUT2D eigenvalue weighted by molar-refractivity contribution is -0.153. The summed E-state index contributed by atoms with van der Waals surface area (Å²) in [6.45, 7) is 8.12. The van der Waals surface area contributed by atoms with E-state index in [1.807, 2.05) is 13.0 Å². The third-order valence-electron chi connectivity index (χ3n) is 4.83. The van der Waals surface area contributed by atoms with E-state index in [0.717, 1.165) is 25.3 Å². The van der Waals surface area contributed by atoms with Gasteiger partial charge in [0.1, 0.15) is 5.75 Å². The quantitative estimate of drug-likeness (QED) is 0.314. The van der Waals surface area contributed by atoms with Crippen molar-refractivity contribution < 1.29 is 22.6 Å². The summed E-state index contributed by atoms with van der Waals surface area (Å²) in [4.78, 5) is 6.58. The number of rotatable bonds is 7. The Labute approximate surface area is 193 Å². The molecule has 1 fully saturated rings. The van der Waals surface area contributed by atoms with Crippen molar-refractivity contribution in [1.29, 1.82) is 0 Å². The average molecular weight is 544 g/mol. The minimum Gasteiger partial charge on any atom is -0.484 e. The Morgan fingerprint density at radius 1 is 1.37 bits per heavy atom. The minimum absolute atomic E-state index is 0. The fourth-order valence-electron chi connectivity index (χ4n) is 3.26. The van der Waals surface area contributed by atoms with Crippen molar-refractivity contribution in [2.45, 2.75) is 45.6 Å². The van der Waals surface area contributed by atoms with Gasteiger partial charge in [0.15, 0.2) is 12.6 Å². The van der Waals surface area contributed by atoms with E-state index in [4.69, 9.17) is 9.47 Å². The van der Waals surface area contributed by atoms with E-state index < -0.39 is 12.8 Å². The van der Waals surface area contributed by atoms with Crippen LogP contribution in [0.4, 0.5) is 13.2 Å². The Morgan fingerprint density at radius 3 is 2.73 bits per heavy atom. The van der Waals surface area contributed by atoms with Crippen LogP contribution in [0.15, 0.2) is 23.2 Å². The van der Waals surface area contributed by atoms with E-state index >= 15 is 0 Å². The molecule has 1 aromatic carbocycles. The second-order valence-electron chi connectivity index (χ2n) is 7.33. The Hall–Kier alpha value is -1.27. The molecule has 0 saturated carbocycles. The molecule has 0 bridgehead atoms. The van der Waals surface area contributed by atoms with Crippen LogP contribution in [0, 0.1) is 6.92 Å². The number of morpholine rings is 1. The Morgan fingerprint density at radius 2 is 2.10 bits per heavy atom. The third kappa shape index (κ3) is 8.84. The van der Waals surface area contributed by atoms with Gasteiger partial charge in [-0.25, -0.2) is 0 Å². The van der Waals surface area contributed by atoms with Crippen molar-refractivity contribution in [2.75, 3.05) is 40.0 Å². The molecule has 6 nitrogen and oxygen atoms in total. The predicted octanol–water partition coefficient (Wildman–Crippen LogP) is 3.33. The normalized spacial score (nSPS) is 19.0. The van der Waals surface area contributed by atoms with E-state index in [-0.39, 0.29) is 35.8 Å². The highest BCUT2D eigenvalue weighted by Crippen LogP contribution is 2.23. The number of benzene rings is 1. The molecular weight excluding hydrogens is 512 g/mol. The molecule has 2 rings (SSSR count). The van der Waals surface area contributed by atoms with Crippen LogP contribution in [0.5, 0.6) is 5.75 Å². The van der Waals surface area contributed by atoms with Crippen LogP contribution in [0.2, 0.25) is 0 Å². The lowest BCUT2D eigenvalue weighted by atomic mass is 10.1. The average Bonchev–Trinajstić information content (AvgIpc) is 2.67. The summed E-state index contributed by atoms with van der Waals surface area (Å²) in [6, 6.07) is 5.87. The zero-order chi connectivity index (χ0) is 21.4. The standard InChI is InChI=1S/C20H31F3N4O2.HI/c1-14-5-6-17(18(9-14)29-13-20(21,22)23)11-26-19(24-4)25-10-15(2)27-7-8-28-12-16(27)3;/h5-6,9,15-16H,7-8,10-13H2,1-4H3,(H2,24,25,26);1H. The molecule has 2 N–H and O–H groups in total. The Balaban J connectivity index is 0.00000450. The molecule has 0 amide bonds. The molecule has 172 valence electrons. The Bertz CT molecular complexity index is 689. The van der Waals surface area contributed by atoms with Crippen molar-refractivity contribution >= 4 is 29.9 Å². The monoisotopic (exact) mass is 544 g/mol. The second-order valence-corrected chi connectivity index (χ2v) is 7.33. The lowest BCUT2D eigenvalue weighted by Crippen LogP contribution is -2.52. The van der Waals surface area contributed by atoms with Crippen LogP contribution >= 0.6 is 24.0 Å². The first-order valence-corrected chi connectivity index (χ1v) is 9.76. The fraction of sp³-hybridized carbons (Fsp3) is 0.650. The van der Waals surface area contributed by atoms with E-state index in [1.165, 1.54) is 0 Å². The van der Waals surface area contributed by atoms with E-state index in [9.17, 15) is 13.2 Å². The summed E-state index contributed by atoms with van der Waals surface area (Å²) in [7, 11) is 1.66. The Kier molecular flexibility index (Phi) is 11.2. The second kappa shape index (κ2) is 12.6. The number of alkyl halides is 3. The van der Waals surface area contributed by atoms with Gasteiger partial charge in [0.25, 0.3) is 0 Å². The maximum atomic E-state index is 12.5. The molecule has 0 spiro atoms. The number of nitrogens with zero attached hydrogens (tertiary/aromatic N) is 2. The van der Waals surface area contributed by atoms with E-state index in [2.05, 4.69) is 34.4 Å². The van der Waals surface area contributed by atoms with Gasteiger partial charge in [-0.1, -0.05) is 12.1 Å². The summed E-state index contributed by atoms with van der Waals surface area (Å²) < 4.78 is 48.0. The van der Waals surface area contributed by atoms with Gasteiger partial charge < -0.3 is 20.1 Å². The minimum atomic E-state index is -4.38. The number of hydrogen-bond donors (Lipinski definition) is 2. The molecular formula is C20H32F3IN4O2. The van der Waals surface area contributed by atoms with E-state index in [1.54, 1.807) is 19.2 Å². The molecule has 1 aliphatic heterocycles. The lowest BCUT2D eigenvalue weighted by Gasteiger charge is -2.38. The van der Waals surface area contributed by atoms with Crippen molar-refractivity contribution in [3.63, 3.8) is 0 Å². The molecule has 0 aliphatic carbocycles. The smallest absolute Gasteiger partial charge is 0.422 e. The number of nitrogens with one attached hydrogen (secondary N) is 2. The first kappa shape index (κ1) is 26.8. The van der Waals surface area contributed by atoms with Crippen molar-refractivity contribution in [1.82, 2.24) is 15.5 Å². The highest BCUT2D eigenvalue weighted by molar-refractivity contribution is 14.0. The van der Waals surface area contributed by atoms with Crippen LogP contribution < -0.4 is 15.4 Å². The van der Waals surface area contributed by atoms with Crippen molar-refractivity contribution in [3.8, 4) is 5.75 Å². The van der Waals surface area contributed by atoms with Gasteiger partial charge in [-0.05, 0) is 32.4 Å². The van der Waals surface area contributed by atoms with Crippen LogP contribution in [0.25, 0.3) is 0 Å². The molecule has 1 aliphatic rings. The van der Waals surface area contributed by atoms with Crippen molar-refractivity contribution in [2.24, 2.45) is 4.99 Å². The molecule has 0 radical (unpaired) electrons. The highest BCUT2D eigenvalue weighted by atomic mass is 127. The van der Waals surface area contributed by atoms with Gasteiger partial charge in [-0.15, -0.1) is 24.0 Å². The SMILES string of the molecule is CN=C(NCc1ccc(C)cc1OCC(F)(F)F)NCC(C)N1CCOCC1C.I. The van der Waals surface area contributed by atoms with Crippen LogP contribution in [0.1, 0.15) is 25.0 Å². The van der Waals surface area contributed by atoms with Gasteiger partial charge in [0.05, 0.1) is 13.2 Å². The van der Waals surface area contributed by atoms with Crippen molar-refractivity contribution in [3.05, 3.63) is 29.3 Å². The summed E-state index contributed by atoms with van der Waals surface area (Å²) in [5, 5.41) is 6.43. The summed E-state index contributed by atoms with van der Waals surface area (Å²) >= 11 is 0. The number of ether oxygens (including phenoxy) is 2. The first-order valence-electron chi connectivity index (χ1n) is 9.76. The van der Waals surface area contributed by atoms with Gasteiger partial charge in [-0.3, -0.25) is 9.89 Å². The van der Waals surface area contributed by atoms with Crippen LogP contribution in [-0.4, -0.2) is 69.1 Å². The van der Waals surface area contributed by atoms with Gasteiger partial charge in [0.2, 0.25) is 0 Å². The summed E-state index contributed by atoms with van der Waals surface area (Å²) in [5.74, 6) is 0.806. The molecule has 1 heterocycles. The number of guanidine groups is 1. The number of hydrogen-bond acceptors (Lipinski definition) is 4. The largest absolute Gasteiger partial charge is 0.484 e. The van der Waals surface area contributed by atoms with Gasteiger partial charge >= 0.3 is 6.18 Å². The number of halogens is 4. The molecule has 10 heteroatoms. The number of aryl methyl sites for hydroxylation is 1. The maximum Gasteiger partial charge on any atom is 0.422 e. The van der Waals surface area contributed by atoms with Gasteiger partial charge in [-0.2, -0.15) is 13.2 Å². The third-order valence-corrected chi connectivity index (χ3v) is 4.83. The molecule has 0 aromatic heterocycles. The summed E-state index contributed by atoms with van der Waals surface area (Å²) in [5.41, 5.74) is 1.47. The molecule has 2 unspecified atom stereocenters. The summed E-state index contributed by atoms with van der Waals surface area (Å²) in [6.07, 6.45) is -4.38. The molecule has 1 saturated heterocycles. The fourth-order valence-corrected chi connectivity index (χ4v) is 3.26. The van der Waals surface area contributed by atoms with Gasteiger partial charge in [0, 0.05) is 44.3 Å². The number of aliphatic imine (C=N–C) groups is 1. The molecule has 1 aromatic rings. The first-order chi connectivity index (χ1) is 13.7.